The predicted molar refractivity (Wildman–Crippen MR) is 110 cm³/mol. The number of anilines is 1. The van der Waals surface area contributed by atoms with Crippen LogP contribution in [0, 0.1) is 25.7 Å². The largest absolute Gasteiger partial charge is 0.368 e. The third kappa shape index (κ3) is 4.42. The minimum absolute atomic E-state index is 0.292. The van der Waals surface area contributed by atoms with Gasteiger partial charge in [0.05, 0.1) is 0 Å². The number of carbonyl (C=O) groups excluding carboxylic acids is 1. The number of rotatable bonds is 5. The van der Waals surface area contributed by atoms with Crippen molar-refractivity contribution >= 4 is 11.6 Å². The molecule has 0 spiro atoms. The third-order valence-electron chi connectivity index (χ3n) is 6.67. The lowest BCUT2D eigenvalue weighted by Crippen LogP contribution is -2.51. The zero-order valence-electron chi connectivity index (χ0n) is 17.0. The lowest BCUT2D eigenvalue weighted by molar-refractivity contribution is -0.137. The van der Waals surface area contributed by atoms with Crippen LogP contribution in [0.1, 0.15) is 63.0 Å². The van der Waals surface area contributed by atoms with Crippen molar-refractivity contribution in [2.24, 2.45) is 11.8 Å². The standard InChI is InChI=1S/C23H36N2O/c1-4-5-8-20-10-12-21(13-11-20)23(26)25-16-14-24(15-17-25)22-9-6-7-18(2)19(22)3/h6-7,9,20-21H,4-5,8,10-17H2,1-3H3. The first-order valence-electron chi connectivity index (χ1n) is 10.7. The number of aryl methyl sites for hydroxylation is 1. The molecule has 1 amide bonds. The highest BCUT2D eigenvalue weighted by Gasteiger charge is 2.31. The summed E-state index contributed by atoms with van der Waals surface area (Å²) in [5.74, 6) is 1.60. The summed E-state index contributed by atoms with van der Waals surface area (Å²) in [6.07, 6.45) is 8.77. The number of carbonyl (C=O) groups is 1. The minimum atomic E-state index is 0.292. The number of benzene rings is 1. The van der Waals surface area contributed by atoms with E-state index in [1.54, 1.807) is 0 Å². The zero-order chi connectivity index (χ0) is 18.5. The van der Waals surface area contributed by atoms with E-state index in [9.17, 15) is 4.79 Å². The van der Waals surface area contributed by atoms with Gasteiger partial charge in [-0.1, -0.05) is 38.3 Å². The number of amides is 1. The van der Waals surface area contributed by atoms with Crippen LogP contribution in [0.2, 0.25) is 0 Å². The van der Waals surface area contributed by atoms with Crippen molar-refractivity contribution in [2.45, 2.75) is 65.7 Å². The highest BCUT2D eigenvalue weighted by molar-refractivity contribution is 5.79. The molecule has 2 aliphatic rings. The highest BCUT2D eigenvalue weighted by Crippen LogP contribution is 2.33. The maximum Gasteiger partial charge on any atom is 0.225 e. The molecule has 1 heterocycles. The van der Waals surface area contributed by atoms with Gasteiger partial charge in [0.25, 0.3) is 0 Å². The Balaban J connectivity index is 1.49. The molecule has 0 radical (unpaired) electrons. The molecule has 2 fully saturated rings. The number of hydrogen-bond donors (Lipinski definition) is 0. The highest BCUT2D eigenvalue weighted by atomic mass is 16.2. The Morgan fingerprint density at radius 3 is 2.38 bits per heavy atom. The van der Waals surface area contributed by atoms with Crippen molar-refractivity contribution in [3.63, 3.8) is 0 Å². The summed E-state index contributed by atoms with van der Waals surface area (Å²) in [6, 6.07) is 6.54. The quantitative estimate of drug-likeness (QED) is 0.745. The molecule has 1 saturated carbocycles. The molecule has 1 aromatic rings. The van der Waals surface area contributed by atoms with Gasteiger partial charge in [0, 0.05) is 37.8 Å². The molecule has 0 unspecified atom stereocenters. The Kier molecular flexibility index (Phi) is 6.61. The van der Waals surface area contributed by atoms with E-state index < -0.39 is 0 Å². The fourth-order valence-corrected chi connectivity index (χ4v) is 4.69. The Hall–Kier alpha value is -1.51. The molecule has 0 aromatic heterocycles. The molecule has 0 bridgehead atoms. The molecule has 1 aromatic carbocycles. The number of unbranched alkanes of at least 4 members (excludes halogenated alkanes) is 1. The van der Waals surface area contributed by atoms with Crippen LogP contribution in [0.3, 0.4) is 0 Å². The molecule has 0 N–H and O–H groups in total. The van der Waals surface area contributed by atoms with E-state index in [0.29, 0.717) is 11.8 Å². The Labute approximate surface area is 159 Å². The molecule has 3 heteroatoms. The second-order valence-electron chi connectivity index (χ2n) is 8.39. The number of nitrogens with zero attached hydrogens (tertiary/aromatic N) is 2. The fourth-order valence-electron chi connectivity index (χ4n) is 4.69. The fraction of sp³-hybridized carbons (Fsp3) is 0.696. The SMILES string of the molecule is CCCCC1CCC(C(=O)N2CCN(c3cccc(C)c3C)CC2)CC1. The molecule has 144 valence electrons. The molecule has 3 nitrogen and oxygen atoms in total. The van der Waals surface area contributed by atoms with Crippen LogP contribution in [0.4, 0.5) is 5.69 Å². The maximum absolute atomic E-state index is 12.9. The molecular weight excluding hydrogens is 320 g/mol. The van der Waals surface area contributed by atoms with Crippen LogP contribution in [-0.4, -0.2) is 37.0 Å². The van der Waals surface area contributed by atoms with Crippen molar-refractivity contribution < 1.29 is 4.79 Å². The van der Waals surface area contributed by atoms with Gasteiger partial charge in [-0.2, -0.15) is 0 Å². The molecule has 1 saturated heterocycles. The van der Waals surface area contributed by atoms with E-state index in [0.717, 1.165) is 44.9 Å². The van der Waals surface area contributed by atoms with Crippen molar-refractivity contribution in [1.82, 2.24) is 4.90 Å². The smallest absolute Gasteiger partial charge is 0.225 e. The zero-order valence-corrected chi connectivity index (χ0v) is 17.0. The lowest BCUT2D eigenvalue weighted by Gasteiger charge is -2.39. The van der Waals surface area contributed by atoms with Crippen LogP contribution in [-0.2, 0) is 4.79 Å². The second-order valence-corrected chi connectivity index (χ2v) is 8.39. The molecule has 3 rings (SSSR count). The molecule has 1 aliphatic carbocycles. The summed E-state index contributed by atoms with van der Waals surface area (Å²) in [5, 5.41) is 0. The second kappa shape index (κ2) is 8.92. The summed E-state index contributed by atoms with van der Waals surface area (Å²) in [5.41, 5.74) is 4.06. The Morgan fingerprint density at radius 1 is 1.04 bits per heavy atom. The van der Waals surface area contributed by atoms with Gasteiger partial charge in [-0.25, -0.2) is 0 Å². The van der Waals surface area contributed by atoms with Crippen LogP contribution in [0.25, 0.3) is 0 Å². The summed E-state index contributed by atoms with van der Waals surface area (Å²) < 4.78 is 0. The van der Waals surface area contributed by atoms with Gasteiger partial charge in [-0.05, 0) is 62.6 Å². The first-order valence-corrected chi connectivity index (χ1v) is 10.7. The monoisotopic (exact) mass is 356 g/mol. The lowest BCUT2D eigenvalue weighted by atomic mass is 9.79. The van der Waals surface area contributed by atoms with Gasteiger partial charge < -0.3 is 9.80 Å². The van der Waals surface area contributed by atoms with Gasteiger partial charge in [-0.15, -0.1) is 0 Å². The average molecular weight is 357 g/mol. The molecular formula is C23H36N2O. The Bertz CT molecular complexity index is 596. The van der Waals surface area contributed by atoms with Gasteiger partial charge in [0.2, 0.25) is 5.91 Å². The maximum atomic E-state index is 12.9. The van der Waals surface area contributed by atoms with Crippen LogP contribution in [0.15, 0.2) is 18.2 Å². The predicted octanol–water partition coefficient (Wildman–Crippen LogP) is 4.95. The van der Waals surface area contributed by atoms with E-state index in [-0.39, 0.29) is 0 Å². The minimum Gasteiger partial charge on any atom is -0.368 e. The van der Waals surface area contributed by atoms with Crippen molar-refractivity contribution in [3.05, 3.63) is 29.3 Å². The summed E-state index contributed by atoms with van der Waals surface area (Å²) in [6.45, 7) is 10.3. The van der Waals surface area contributed by atoms with E-state index in [1.165, 1.54) is 48.9 Å². The van der Waals surface area contributed by atoms with Gasteiger partial charge >= 0.3 is 0 Å². The first kappa shape index (κ1) is 19.3. The van der Waals surface area contributed by atoms with Crippen LogP contribution in [0.5, 0.6) is 0 Å². The molecule has 0 atom stereocenters. The van der Waals surface area contributed by atoms with Gasteiger partial charge in [-0.3, -0.25) is 4.79 Å². The van der Waals surface area contributed by atoms with Crippen molar-refractivity contribution in [2.75, 3.05) is 31.1 Å². The topological polar surface area (TPSA) is 23.6 Å². The van der Waals surface area contributed by atoms with Crippen molar-refractivity contribution in [3.8, 4) is 0 Å². The average Bonchev–Trinajstić information content (AvgIpc) is 2.68. The first-order chi connectivity index (χ1) is 12.6. The molecule has 1 aliphatic heterocycles. The van der Waals surface area contributed by atoms with Gasteiger partial charge in [0.15, 0.2) is 0 Å². The third-order valence-corrected chi connectivity index (χ3v) is 6.67. The van der Waals surface area contributed by atoms with Crippen molar-refractivity contribution in [1.29, 1.82) is 0 Å². The van der Waals surface area contributed by atoms with E-state index in [1.807, 2.05) is 0 Å². The number of hydrogen-bond acceptors (Lipinski definition) is 2. The van der Waals surface area contributed by atoms with Crippen LogP contribution >= 0.6 is 0 Å². The number of piperazine rings is 1. The van der Waals surface area contributed by atoms with Crippen LogP contribution < -0.4 is 4.90 Å². The van der Waals surface area contributed by atoms with Gasteiger partial charge in [0.1, 0.15) is 0 Å². The summed E-state index contributed by atoms with van der Waals surface area (Å²) >= 11 is 0. The van der Waals surface area contributed by atoms with E-state index in [2.05, 4.69) is 48.8 Å². The Morgan fingerprint density at radius 2 is 1.73 bits per heavy atom. The normalized spacial score (nSPS) is 24.0. The van der Waals surface area contributed by atoms with E-state index >= 15 is 0 Å². The summed E-state index contributed by atoms with van der Waals surface area (Å²) in [4.78, 5) is 17.5. The van der Waals surface area contributed by atoms with E-state index in [4.69, 9.17) is 0 Å². The molecule has 26 heavy (non-hydrogen) atoms. The summed E-state index contributed by atoms with van der Waals surface area (Å²) in [7, 11) is 0.